The van der Waals surface area contributed by atoms with Crippen LogP contribution in [0.3, 0.4) is 0 Å². The molecule has 18 heavy (non-hydrogen) atoms. The first kappa shape index (κ1) is 15.8. The van der Waals surface area contributed by atoms with Gasteiger partial charge in [-0.15, -0.1) is 0 Å². The summed E-state index contributed by atoms with van der Waals surface area (Å²) in [6.45, 7) is 6.63. The second-order valence-electron chi connectivity index (χ2n) is 5.67. The molecule has 0 aromatic carbocycles. The Hall–Kier alpha value is -0.240. The maximum absolute atomic E-state index is 9.48. The van der Waals surface area contributed by atoms with Crippen LogP contribution in [0.2, 0.25) is 0 Å². The lowest BCUT2D eigenvalue weighted by molar-refractivity contribution is 0.281. The average Bonchev–Trinajstić information content (AvgIpc) is 2.28. The molecule has 4 heteroatoms. The summed E-state index contributed by atoms with van der Waals surface area (Å²) in [5.74, 6) is 0. The van der Waals surface area contributed by atoms with Crippen molar-refractivity contribution in [3.05, 3.63) is 0 Å². The molecule has 0 amide bonds. The molecule has 3 atom stereocenters. The number of nitriles is 1. The normalized spacial score (nSPS) is 30.1. The third kappa shape index (κ3) is 4.79. The van der Waals surface area contributed by atoms with Crippen molar-refractivity contribution in [2.24, 2.45) is 0 Å². The van der Waals surface area contributed by atoms with E-state index >= 15 is 0 Å². The Morgan fingerprint density at radius 3 is 2.78 bits per heavy atom. The Kier molecular flexibility index (Phi) is 6.48. The first-order valence-electron chi connectivity index (χ1n) is 6.96. The predicted molar refractivity (Wildman–Crippen MR) is 77.6 cm³/mol. The highest BCUT2D eigenvalue weighted by atomic mass is 32.2. The van der Waals surface area contributed by atoms with E-state index in [1.54, 1.807) is 0 Å². The molecule has 1 fully saturated rings. The van der Waals surface area contributed by atoms with Crippen LogP contribution in [-0.2, 0) is 0 Å². The molecule has 1 aliphatic rings. The Bertz CT molecular complexity index is 290. The summed E-state index contributed by atoms with van der Waals surface area (Å²) in [5.41, 5.74) is -0.330. The van der Waals surface area contributed by atoms with E-state index in [1.807, 2.05) is 11.8 Å². The zero-order chi connectivity index (χ0) is 13.6. The van der Waals surface area contributed by atoms with Crippen molar-refractivity contribution in [1.29, 1.82) is 5.26 Å². The third-order valence-electron chi connectivity index (χ3n) is 3.45. The number of aliphatic hydroxyl groups is 1. The van der Waals surface area contributed by atoms with Gasteiger partial charge in [0.15, 0.2) is 0 Å². The van der Waals surface area contributed by atoms with E-state index in [2.05, 4.69) is 32.2 Å². The van der Waals surface area contributed by atoms with Gasteiger partial charge in [0, 0.05) is 23.1 Å². The first-order valence-corrected chi connectivity index (χ1v) is 7.91. The van der Waals surface area contributed by atoms with Gasteiger partial charge in [-0.1, -0.05) is 6.92 Å². The van der Waals surface area contributed by atoms with Crippen LogP contribution in [0, 0.1) is 11.3 Å². The molecule has 1 rings (SSSR count). The van der Waals surface area contributed by atoms with E-state index in [4.69, 9.17) is 5.11 Å². The molecule has 0 aliphatic heterocycles. The lowest BCUT2D eigenvalue weighted by atomic mass is 9.82. The number of nitrogens with zero attached hydrogens (tertiary/aromatic N) is 1. The summed E-state index contributed by atoms with van der Waals surface area (Å²) in [4.78, 5) is 0. The summed E-state index contributed by atoms with van der Waals surface area (Å²) >= 11 is 1.94. The van der Waals surface area contributed by atoms with E-state index in [0.717, 1.165) is 25.7 Å². The predicted octanol–water partition coefficient (Wildman–Crippen LogP) is 2.69. The summed E-state index contributed by atoms with van der Waals surface area (Å²) < 4.78 is 0. The van der Waals surface area contributed by atoms with Crippen molar-refractivity contribution in [3.8, 4) is 6.07 Å². The summed E-state index contributed by atoms with van der Waals surface area (Å²) in [7, 11) is 0. The molecule has 0 aromatic heterocycles. The fourth-order valence-corrected chi connectivity index (χ4v) is 4.32. The molecular weight excluding hydrogens is 244 g/mol. The minimum atomic E-state index is -0.330. The Balaban J connectivity index is 2.56. The highest BCUT2D eigenvalue weighted by Crippen LogP contribution is 2.37. The molecule has 3 nitrogen and oxygen atoms in total. The van der Waals surface area contributed by atoms with Crippen LogP contribution in [-0.4, -0.2) is 33.8 Å². The van der Waals surface area contributed by atoms with Crippen molar-refractivity contribution >= 4 is 11.8 Å². The fourth-order valence-electron chi connectivity index (χ4n) is 2.74. The first-order chi connectivity index (χ1) is 8.51. The number of nitrogens with one attached hydrogen (secondary N) is 1. The second kappa shape index (κ2) is 7.37. The van der Waals surface area contributed by atoms with Crippen molar-refractivity contribution in [2.75, 3.05) is 6.61 Å². The van der Waals surface area contributed by atoms with Crippen molar-refractivity contribution in [3.63, 3.8) is 0 Å². The molecule has 0 bridgehead atoms. The lowest BCUT2D eigenvalue weighted by Crippen LogP contribution is -2.51. The standard InChI is InChI=1S/C14H26N2OS/c1-11(2)16-14(10-15)7-4-5-13(9-14)18-12(3)6-8-17/h11-13,16-17H,4-9H2,1-3H3. The van der Waals surface area contributed by atoms with Crippen molar-refractivity contribution < 1.29 is 5.11 Å². The van der Waals surface area contributed by atoms with Gasteiger partial charge >= 0.3 is 0 Å². The zero-order valence-corrected chi connectivity index (χ0v) is 12.6. The molecule has 104 valence electrons. The maximum atomic E-state index is 9.48. The summed E-state index contributed by atoms with van der Waals surface area (Å²) in [5, 5.41) is 22.9. The summed E-state index contributed by atoms with van der Waals surface area (Å²) in [6, 6.07) is 2.86. The molecule has 1 saturated carbocycles. The molecule has 0 heterocycles. The summed E-state index contributed by atoms with van der Waals surface area (Å²) in [6.07, 6.45) is 5.06. The Morgan fingerprint density at radius 1 is 1.50 bits per heavy atom. The van der Waals surface area contributed by atoms with Crippen molar-refractivity contribution in [2.45, 2.75) is 75.0 Å². The van der Waals surface area contributed by atoms with Gasteiger partial charge in [0.2, 0.25) is 0 Å². The van der Waals surface area contributed by atoms with Gasteiger partial charge in [0.05, 0.1) is 6.07 Å². The number of thioether (sulfide) groups is 1. The van der Waals surface area contributed by atoms with E-state index in [1.165, 1.54) is 6.42 Å². The second-order valence-corrected chi connectivity index (χ2v) is 7.41. The number of hydrogen-bond acceptors (Lipinski definition) is 4. The molecule has 0 spiro atoms. The van der Waals surface area contributed by atoms with Gasteiger partial charge in [0.1, 0.15) is 5.54 Å². The van der Waals surface area contributed by atoms with Crippen LogP contribution in [0.5, 0.6) is 0 Å². The lowest BCUT2D eigenvalue weighted by Gasteiger charge is -2.38. The van der Waals surface area contributed by atoms with E-state index in [9.17, 15) is 5.26 Å². The molecule has 2 N–H and O–H groups in total. The topological polar surface area (TPSA) is 56.0 Å². The largest absolute Gasteiger partial charge is 0.396 e. The van der Waals surface area contributed by atoms with Gasteiger partial charge in [-0.3, -0.25) is 5.32 Å². The van der Waals surface area contributed by atoms with Gasteiger partial charge in [-0.05, 0) is 46.0 Å². The molecule has 3 unspecified atom stereocenters. The van der Waals surface area contributed by atoms with E-state index in [-0.39, 0.29) is 12.1 Å². The maximum Gasteiger partial charge on any atom is 0.108 e. The number of hydrogen-bond donors (Lipinski definition) is 2. The van der Waals surface area contributed by atoms with Gasteiger partial charge < -0.3 is 5.11 Å². The van der Waals surface area contributed by atoms with Crippen molar-refractivity contribution in [1.82, 2.24) is 5.32 Å². The molecule has 1 aliphatic carbocycles. The van der Waals surface area contributed by atoms with E-state index < -0.39 is 0 Å². The molecule has 0 radical (unpaired) electrons. The monoisotopic (exact) mass is 270 g/mol. The van der Waals surface area contributed by atoms with Crippen LogP contribution in [0.1, 0.15) is 52.9 Å². The van der Waals surface area contributed by atoms with Crippen LogP contribution in [0.15, 0.2) is 0 Å². The van der Waals surface area contributed by atoms with E-state index in [0.29, 0.717) is 16.5 Å². The average molecular weight is 270 g/mol. The van der Waals surface area contributed by atoms with Gasteiger partial charge in [-0.2, -0.15) is 17.0 Å². The number of rotatable bonds is 6. The van der Waals surface area contributed by atoms with Crippen LogP contribution in [0.4, 0.5) is 0 Å². The smallest absolute Gasteiger partial charge is 0.108 e. The molecular formula is C14H26N2OS. The highest BCUT2D eigenvalue weighted by Gasteiger charge is 2.37. The minimum absolute atomic E-state index is 0.258. The van der Waals surface area contributed by atoms with Crippen LogP contribution >= 0.6 is 11.8 Å². The van der Waals surface area contributed by atoms with Gasteiger partial charge in [0.25, 0.3) is 0 Å². The highest BCUT2D eigenvalue weighted by molar-refractivity contribution is 8.00. The molecule has 0 aromatic rings. The SMILES string of the molecule is CC(C)NC1(C#N)CCCC(SC(C)CCO)C1. The quantitative estimate of drug-likeness (QED) is 0.779. The third-order valence-corrected chi connectivity index (χ3v) is 4.93. The number of aliphatic hydroxyl groups excluding tert-OH is 1. The Labute approximate surface area is 115 Å². The van der Waals surface area contributed by atoms with Crippen LogP contribution in [0.25, 0.3) is 0 Å². The van der Waals surface area contributed by atoms with Crippen LogP contribution < -0.4 is 5.32 Å². The zero-order valence-electron chi connectivity index (χ0n) is 11.8. The minimum Gasteiger partial charge on any atom is -0.396 e. The molecule has 0 saturated heterocycles. The van der Waals surface area contributed by atoms with Gasteiger partial charge in [-0.25, -0.2) is 0 Å². The Morgan fingerprint density at radius 2 is 2.22 bits per heavy atom. The fraction of sp³-hybridized carbons (Fsp3) is 0.929.